The van der Waals surface area contributed by atoms with Crippen LogP contribution in [-0.2, 0) is 0 Å². The van der Waals surface area contributed by atoms with Gasteiger partial charge in [0.25, 0.3) is 0 Å². The Bertz CT molecular complexity index is 315. The number of nitrogens with one attached hydrogen (secondary N) is 1. The van der Waals surface area contributed by atoms with Gasteiger partial charge < -0.3 is 10.2 Å². The van der Waals surface area contributed by atoms with Gasteiger partial charge in [0.15, 0.2) is 0 Å². The molecule has 0 aliphatic rings. The smallest absolute Gasteiger partial charge is 0.0592 e. The third-order valence-electron chi connectivity index (χ3n) is 2.34. The quantitative estimate of drug-likeness (QED) is 0.815. The van der Waals surface area contributed by atoms with E-state index in [9.17, 15) is 0 Å². The molecule has 0 spiro atoms. The van der Waals surface area contributed by atoms with E-state index in [1.807, 2.05) is 18.5 Å². The van der Waals surface area contributed by atoms with Gasteiger partial charge in [0, 0.05) is 32.5 Å². The number of nitrogens with zero attached hydrogens (tertiary/aromatic N) is 2. The molecule has 1 aromatic heterocycles. The molecule has 0 unspecified atom stereocenters. The van der Waals surface area contributed by atoms with E-state index in [1.54, 1.807) is 0 Å². The molecule has 0 saturated heterocycles. The SMILES string of the molecule is CC(C)CNCCN(C)c1ccncc1Br. The lowest BCUT2D eigenvalue weighted by Gasteiger charge is -2.20. The van der Waals surface area contributed by atoms with E-state index in [2.05, 4.69) is 52.0 Å². The first-order valence-electron chi connectivity index (χ1n) is 5.62. The summed E-state index contributed by atoms with van der Waals surface area (Å²) in [6.45, 7) is 7.51. The van der Waals surface area contributed by atoms with E-state index < -0.39 is 0 Å². The van der Waals surface area contributed by atoms with Crippen molar-refractivity contribution in [1.29, 1.82) is 0 Å². The van der Waals surface area contributed by atoms with Crippen molar-refractivity contribution in [3.8, 4) is 0 Å². The molecule has 3 nitrogen and oxygen atoms in total. The van der Waals surface area contributed by atoms with Crippen molar-refractivity contribution in [2.75, 3.05) is 31.6 Å². The molecule has 0 bridgehead atoms. The minimum Gasteiger partial charge on any atom is -0.372 e. The van der Waals surface area contributed by atoms with Crippen LogP contribution in [-0.4, -0.2) is 31.7 Å². The molecule has 0 radical (unpaired) electrons. The van der Waals surface area contributed by atoms with Crippen LogP contribution < -0.4 is 10.2 Å². The van der Waals surface area contributed by atoms with Crippen LogP contribution in [0.2, 0.25) is 0 Å². The van der Waals surface area contributed by atoms with E-state index >= 15 is 0 Å². The zero-order valence-corrected chi connectivity index (χ0v) is 11.8. The summed E-state index contributed by atoms with van der Waals surface area (Å²) < 4.78 is 1.04. The minimum absolute atomic E-state index is 0.706. The molecule has 0 aliphatic heterocycles. The van der Waals surface area contributed by atoms with Crippen molar-refractivity contribution in [2.24, 2.45) is 5.92 Å². The average molecular weight is 286 g/mol. The Balaban J connectivity index is 2.35. The Hall–Kier alpha value is -0.610. The van der Waals surface area contributed by atoms with Gasteiger partial charge in [0.1, 0.15) is 0 Å². The van der Waals surface area contributed by atoms with Gasteiger partial charge in [-0.3, -0.25) is 4.98 Å². The Morgan fingerprint density at radius 1 is 1.50 bits per heavy atom. The average Bonchev–Trinajstić information content (AvgIpc) is 2.24. The molecule has 0 aliphatic carbocycles. The number of rotatable bonds is 6. The number of aromatic nitrogens is 1. The van der Waals surface area contributed by atoms with Crippen molar-refractivity contribution in [3.63, 3.8) is 0 Å². The number of hydrogen-bond donors (Lipinski definition) is 1. The fourth-order valence-electron chi connectivity index (χ4n) is 1.44. The van der Waals surface area contributed by atoms with E-state index in [0.29, 0.717) is 5.92 Å². The second kappa shape index (κ2) is 6.86. The second-order valence-corrected chi connectivity index (χ2v) is 5.20. The number of likely N-dealkylation sites (N-methyl/N-ethyl adjacent to an activating group) is 1. The van der Waals surface area contributed by atoms with Gasteiger partial charge in [-0.15, -0.1) is 0 Å². The summed E-state index contributed by atoms with van der Waals surface area (Å²) in [7, 11) is 2.09. The standard InChI is InChI=1S/C12H20BrN3/c1-10(2)8-15-6-7-16(3)12-4-5-14-9-11(12)13/h4-5,9-10,15H,6-8H2,1-3H3. The monoisotopic (exact) mass is 285 g/mol. The normalized spacial score (nSPS) is 10.8. The number of hydrogen-bond acceptors (Lipinski definition) is 3. The highest BCUT2D eigenvalue weighted by atomic mass is 79.9. The molecule has 90 valence electrons. The maximum absolute atomic E-state index is 4.06. The summed E-state index contributed by atoms with van der Waals surface area (Å²) in [6.07, 6.45) is 3.64. The fourth-order valence-corrected chi connectivity index (χ4v) is 1.99. The maximum Gasteiger partial charge on any atom is 0.0592 e. The van der Waals surface area contributed by atoms with Crippen LogP contribution in [0.25, 0.3) is 0 Å². The van der Waals surface area contributed by atoms with Crippen molar-refractivity contribution in [3.05, 3.63) is 22.9 Å². The van der Waals surface area contributed by atoms with Gasteiger partial charge in [0.05, 0.1) is 10.2 Å². The Labute approximate surface area is 106 Å². The Kier molecular flexibility index (Phi) is 5.77. The second-order valence-electron chi connectivity index (χ2n) is 4.35. The molecule has 0 saturated carbocycles. The first-order valence-corrected chi connectivity index (χ1v) is 6.42. The van der Waals surface area contributed by atoms with Crippen LogP contribution in [0.1, 0.15) is 13.8 Å². The zero-order chi connectivity index (χ0) is 12.0. The molecule has 1 heterocycles. The van der Waals surface area contributed by atoms with E-state index in [4.69, 9.17) is 0 Å². The number of anilines is 1. The Morgan fingerprint density at radius 2 is 2.25 bits per heavy atom. The summed E-state index contributed by atoms with van der Waals surface area (Å²) in [4.78, 5) is 6.28. The summed E-state index contributed by atoms with van der Waals surface area (Å²) >= 11 is 3.50. The summed E-state index contributed by atoms with van der Waals surface area (Å²) in [5.74, 6) is 0.706. The van der Waals surface area contributed by atoms with Crippen LogP contribution in [0.3, 0.4) is 0 Å². The summed E-state index contributed by atoms with van der Waals surface area (Å²) in [5, 5.41) is 3.43. The van der Waals surface area contributed by atoms with Crippen LogP contribution in [0.4, 0.5) is 5.69 Å². The first kappa shape index (κ1) is 13.5. The van der Waals surface area contributed by atoms with Crippen LogP contribution in [0, 0.1) is 5.92 Å². The molecular formula is C12H20BrN3. The van der Waals surface area contributed by atoms with Crippen LogP contribution in [0.15, 0.2) is 22.9 Å². The molecule has 4 heteroatoms. The number of halogens is 1. The van der Waals surface area contributed by atoms with Crippen molar-refractivity contribution in [1.82, 2.24) is 10.3 Å². The molecule has 16 heavy (non-hydrogen) atoms. The van der Waals surface area contributed by atoms with Crippen molar-refractivity contribution >= 4 is 21.6 Å². The van der Waals surface area contributed by atoms with Crippen molar-refractivity contribution in [2.45, 2.75) is 13.8 Å². The van der Waals surface area contributed by atoms with E-state index in [1.165, 1.54) is 5.69 Å². The van der Waals surface area contributed by atoms with E-state index in [0.717, 1.165) is 24.1 Å². The summed E-state index contributed by atoms with van der Waals surface area (Å²) in [6, 6.07) is 2.02. The minimum atomic E-state index is 0.706. The molecule has 1 rings (SSSR count). The van der Waals surface area contributed by atoms with Crippen molar-refractivity contribution < 1.29 is 0 Å². The molecule has 0 aromatic carbocycles. The van der Waals surface area contributed by atoms with Gasteiger partial charge in [-0.25, -0.2) is 0 Å². The Morgan fingerprint density at radius 3 is 2.88 bits per heavy atom. The van der Waals surface area contributed by atoms with Crippen LogP contribution >= 0.6 is 15.9 Å². The zero-order valence-electron chi connectivity index (χ0n) is 10.2. The largest absolute Gasteiger partial charge is 0.372 e. The number of pyridine rings is 1. The molecular weight excluding hydrogens is 266 g/mol. The van der Waals surface area contributed by atoms with Gasteiger partial charge >= 0.3 is 0 Å². The molecule has 0 amide bonds. The van der Waals surface area contributed by atoms with Gasteiger partial charge in [0.2, 0.25) is 0 Å². The molecule has 1 aromatic rings. The highest BCUT2D eigenvalue weighted by Crippen LogP contribution is 2.22. The molecule has 0 atom stereocenters. The van der Waals surface area contributed by atoms with Gasteiger partial charge in [-0.05, 0) is 34.5 Å². The highest BCUT2D eigenvalue weighted by molar-refractivity contribution is 9.10. The van der Waals surface area contributed by atoms with E-state index in [-0.39, 0.29) is 0 Å². The predicted molar refractivity (Wildman–Crippen MR) is 72.9 cm³/mol. The predicted octanol–water partition coefficient (Wildman–Crippen LogP) is 2.53. The highest BCUT2D eigenvalue weighted by Gasteiger charge is 2.04. The lowest BCUT2D eigenvalue weighted by Crippen LogP contribution is -2.31. The molecule has 0 fully saturated rings. The van der Waals surface area contributed by atoms with Gasteiger partial charge in [-0.2, -0.15) is 0 Å². The molecule has 1 N–H and O–H groups in total. The topological polar surface area (TPSA) is 28.2 Å². The summed E-state index contributed by atoms with van der Waals surface area (Å²) in [5.41, 5.74) is 1.18. The third-order valence-corrected chi connectivity index (χ3v) is 2.95. The van der Waals surface area contributed by atoms with Gasteiger partial charge in [-0.1, -0.05) is 13.8 Å². The van der Waals surface area contributed by atoms with Crippen LogP contribution in [0.5, 0.6) is 0 Å². The third kappa shape index (κ3) is 4.49. The lowest BCUT2D eigenvalue weighted by atomic mass is 10.2. The maximum atomic E-state index is 4.06. The fraction of sp³-hybridized carbons (Fsp3) is 0.583. The first-order chi connectivity index (χ1) is 7.61. The lowest BCUT2D eigenvalue weighted by molar-refractivity contribution is 0.554.